The van der Waals surface area contributed by atoms with Gasteiger partial charge in [0.15, 0.2) is 6.61 Å². The lowest BCUT2D eigenvalue weighted by molar-refractivity contribution is -0.125. The highest BCUT2D eigenvalue weighted by Gasteiger charge is 2.02. The van der Waals surface area contributed by atoms with Gasteiger partial charge < -0.3 is 14.6 Å². The number of rotatable bonds is 6. The topological polar surface area (TPSA) is 63.8 Å². The molecule has 0 fully saturated rings. The van der Waals surface area contributed by atoms with E-state index in [1.807, 2.05) is 17.5 Å². The quantitative estimate of drug-likeness (QED) is 0.641. The van der Waals surface area contributed by atoms with E-state index in [1.54, 1.807) is 35.9 Å². The van der Waals surface area contributed by atoms with Crippen LogP contribution in [0.1, 0.15) is 10.6 Å². The van der Waals surface area contributed by atoms with Crippen LogP contribution in [0.3, 0.4) is 0 Å². The summed E-state index contributed by atoms with van der Waals surface area (Å²) < 4.78 is 5.07. The molecule has 0 atom stereocenters. The summed E-state index contributed by atoms with van der Waals surface area (Å²) in [6.07, 6.45) is 3.13. The zero-order valence-corrected chi connectivity index (χ0v) is 10.4. The van der Waals surface area contributed by atoms with E-state index in [9.17, 15) is 4.79 Å². The number of furan rings is 1. The maximum atomic E-state index is 11.4. The Morgan fingerprint density at radius 1 is 1.50 bits per heavy atom. The molecule has 2 heterocycles. The molecule has 5 nitrogen and oxygen atoms in total. The van der Waals surface area contributed by atoms with Crippen LogP contribution in [0.25, 0.3) is 0 Å². The smallest absolute Gasteiger partial charge is 0.261 e. The lowest BCUT2D eigenvalue weighted by Gasteiger charge is -2.01. The summed E-state index contributed by atoms with van der Waals surface area (Å²) in [4.78, 5) is 17.2. The summed E-state index contributed by atoms with van der Waals surface area (Å²) in [5, 5.41) is 8.29. The molecule has 2 aromatic heterocycles. The number of oxime groups is 1. The van der Waals surface area contributed by atoms with Crippen molar-refractivity contribution in [3.05, 3.63) is 46.5 Å². The second-order valence-electron chi connectivity index (χ2n) is 3.38. The molecular formula is C12H12N2O3S. The molecule has 0 spiro atoms. The monoisotopic (exact) mass is 264 g/mol. The molecule has 0 radical (unpaired) electrons. The summed E-state index contributed by atoms with van der Waals surface area (Å²) in [6.45, 7) is 0.242. The van der Waals surface area contributed by atoms with Gasteiger partial charge in [-0.2, -0.15) is 0 Å². The van der Waals surface area contributed by atoms with E-state index in [2.05, 4.69) is 10.5 Å². The molecule has 0 saturated heterocycles. The Morgan fingerprint density at radius 3 is 3.17 bits per heavy atom. The lowest BCUT2D eigenvalue weighted by atomic mass is 10.4. The Bertz CT molecular complexity index is 491. The van der Waals surface area contributed by atoms with Gasteiger partial charge in [-0.25, -0.2) is 0 Å². The minimum absolute atomic E-state index is 0.109. The Balaban J connectivity index is 1.63. The minimum atomic E-state index is -0.241. The van der Waals surface area contributed by atoms with Gasteiger partial charge in [-0.3, -0.25) is 4.79 Å². The summed E-state index contributed by atoms with van der Waals surface area (Å²) in [5.41, 5.74) is 0. The fourth-order valence-electron chi connectivity index (χ4n) is 1.20. The van der Waals surface area contributed by atoms with E-state index < -0.39 is 0 Å². The molecule has 18 heavy (non-hydrogen) atoms. The van der Waals surface area contributed by atoms with Gasteiger partial charge in [0.25, 0.3) is 5.91 Å². The molecule has 0 aromatic carbocycles. The Kier molecular flexibility index (Phi) is 4.54. The van der Waals surface area contributed by atoms with Crippen LogP contribution < -0.4 is 5.32 Å². The maximum absolute atomic E-state index is 11.4. The molecule has 0 aliphatic rings. The van der Waals surface area contributed by atoms with Gasteiger partial charge in [0.2, 0.25) is 0 Å². The van der Waals surface area contributed by atoms with Gasteiger partial charge in [0.1, 0.15) is 5.76 Å². The number of nitrogens with zero attached hydrogens (tertiary/aromatic N) is 1. The van der Waals surface area contributed by atoms with E-state index in [-0.39, 0.29) is 12.5 Å². The fraction of sp³-hybridized carbons (Fsp3) is 0.167. The van der Waals surface area contributed by atoms with Crippen molar-refractivity contribution < 1.29 is 14.0 Å². The third-order valence-corrected chi connectivity index (χ3v) is 2.84. The van der Waals surface area contributed by atoms with Crippen molar-refractivity contribution in [2.24, 2.45) is 5.16 Å². The fourth-order valence-corrected chi connectivity index (χ4v) is 1.78. The van der Waals surface area contributed by atoms with Crippen LogP contribution in [0.2, 0.25) is 0 Å². The third-order valence-electron chi connectivity index (χ3n) is 2.03. The first kappa shape index (κ1) is 12.4. The van der Waals surface area contributed by atoms with E-state index in [0.29, 0.717) is 12.3 Å². The highest BCUT2D eigenvalue weighted by Crippen LogP contribution is 2.04. The van der Waals surface area contributed by atoms with Crippen molar-refractivity contribution in [1.29, 1.82) is 0 Å². The highest BCUT2D eigenvalue weighted by atomic mass is 32.1. The van der Waals surface area contributed by atoms with Crippen LogP contribution in [-0.4, -0.2) is 18.7 Å². The summed E-state index contributed by atoms with van der Waals surface area (Å²) >= 11 is 1.55. The number of nitrogens with one attached hydrogen (secondary N) is 1. The van der Waals surface area contributed by atoms with Crippen molar-refractivity contribution in [1.82, 2.24) is 5.32 Å². The summed E-state index contributed by atoms with van der Waals surface area (Å²) in [6, 6.07) is 7.38. The number of thiophene rings is 1. The summed E-state index contributed by atoms with van der Waals surface area (Å²) in [5.74, 6) is 0.458. The van der Waals surface area contributed by atoms with Crippen LogP contribution in [-0.2, 0) is 16.2 Å². The Hall–Kier alpha value is -2.08. The summed E-state index contributed by atoms with van der Waals surface area (Å²) in [7, 11) is 0. The van der Waals surface area contributed by atoms with Crippen molar-refractivity contribution in [2.75, 3.05) is 6.61 Å². The molecule has 6 heteroatoms. The van der Waals surface area contributed by atoms with Crippen LogP contribution in [0, 0.1) is 0 Å². The maximum Gasteiger partial charge on any atom is 0.261 e. The normalized spacial score (nSPS) is 10.7. The molecule has 0 bridgehead atoms. The van der Waals surface area contributed by atoms with E-state index in [4.69, 9.17) is 9.25 Å². The SMILES string of the molecule is O=C(CON=Cc1cccs1)NCc1ccco1. The van der Waals surface area contributed by atoms with Crippen molar-refractivity contribution in [3.8, 4) is 0 Å². The highest BCUT2D eigenvalue weighted by molar-refractivity contribution is 7.11. The predicted molar refractivity (Wildman–Crippen MR) is 68.4 cm³/mol. The Morgan fingerprint density at radius 2 is 2.44 bits per heavy atom. The van der Waals surface area contributed by atoms with E-state index in [0.717, 1.165) is 4.88 Å². The van der Waals surface area contributed by atoms with Gasteiger partial charge in [0, 0.05) is 4.88 Å². The molecule has 0 aliphatic carbocycles. The largest absolute Gasteiger partial charge is 0.467 e. The molecule has 0 aliphatic heterocycles. The van der Waals surface area contributed by atoms with Crippen LogP contribution >= 0.6 is 11.3 Å². The van der Waals surface area contributed by atoms with Gasteiger partial charge in [-0.1, -0.05) is 11.2 Å². The van der Waals surface area contributed by atoms with Crippen molar-refractivity contribution in [3.63, 3.8) is 0 Å². The number of carbonyl (C=O) groups excluding carboxylic acids is 1. The number of hydrogen-bond acceptors (Lipinski definition) is 5. The first-order valence-corrected chi connectivity index (χ1v) is 6.20. The van der Waals surface area contributed by atoms with Crippen LogP contribution in [0.15, 0.2) is 45.5 Å². The van der Waals surface area contributed by atoms with Crippen LogP contribution in [0.4, 0.5) is 0 Å². The average Bonchev–Trinajstić information content (AvgIpc) is 3.04. The number of carbonyl (C=O) groups is 1. The third kappa shape index (κ3) is 4.06. The molecule has 1 amide bonds. The predicted octanol–water partition coefficient (Wildman–Crippen LogP) is 2.01. The molecular weight excluding hydrogens is 252 g/mol. The standard InChI is InChI=1S/C12H12N2O3S/c15-12(13-7-10-3-1-5-16-10)9-17-14-8-11-4-2-6-18-11/h1-6,8H,7,9H2,(H,13,15). The first-order valence-electron chi connectivity index (χ1n) is 5.32. The molecule has 2 aromatic rings. The van der Waals surface area contributed by atoms with Gasteiger partial charge in [0.05, 0.1) is 19.0 Å². The van der Waals surface area contributed by atoms with E-state index >= 15 is 0 Å². The molecule has 1 N–H and O–H groups in total. The van der Waals surface area contributed by atoms with Gasteiger partial charge in [-0.15, -0.1) is 11.3 Å². The second kappa shape index (κ2) is 6.61. The zero-order valence-electron chi connectivity index (χ0n) is 9.54. The second-order valence-corrected chi connectivity index (χ2v) is 4.36. The van der Waals surface area contributed by atoms with Crippen LogP contribution in [0.5, 0.6) is 0 Å². The molecule has 94 valence electrons. The zero-order chi connectivity index (χ0) is 12.6. The van der Waals surface area contributed by atoms with Crippen molar-refractivity contribution in [2.45, 2.75) is 6.54 Å². The van der Waals surface area contributed by atoms with E-state index in [1.165, 1.54) is 0 Å². The Labute approximate surface area is 108 Å². The molecule has 0 unspecified atom stereocenters. The van der Waals surface area contributed by atoms with Gasteiger partial charge in [-0.05, 0) is 23.6 Å². The van der Waals surface area contributed by atoms with Gasteiger partial charge >= 0.3 is 0 Å². The first-order chi connectivity index (χ1) is 8.84. The average molecular weight is 264 g/mol. The minimum Gasteiger partial charge on any atom is -0.467 e. The lowest BCUT2D eigenvalue weighted by Crippen LogP contribution is -2.26. The molecule has 0 saturated carbocycles. The van der Waals surface area contributed by atoms with Crippen molar-refractivity contribution >= 4 is 23.5 Å². The number of hydrogen-bond donors (Lipinski definition) is 1. The molecule has 2 rings (SSSR count). The number of amides is 1.